The quantitative estimate of drug-likeness (QED) is 0.628. The zero-order valence-corrected chi connectivity index (χ0v) is 15.0. The fourth-order valence-corrected chi connectivity index (χ4v) is 5.25. The molecule has 2 aromatic rings. The van der Waals surface area contributed by atoms with Gasteiger partial charge in [-0.25, -0.2) is 9.97 Å². The van der Waals surface area contributed by atoms with Crippen molar-refractivity contribution >= 4 is 39.0 Å². The number of aryl methyl sites for hydroxylation is 2. The Morgan fingerprint density at radius 1 is 1.09 bits per heavy atom. The number of likely N-dealkylation sites (tertiary alicyclic amines) is 1. The van der Waals surface area contributed by atoms with Crippen LogP contribution in [0.25, 0.3) is 10.2 Å². The lowest BCUT2D eigenvalue weighted by Gasteiger charge is -2.14. The summed E-state index contributed by atoms with van der Waals surface area (Å²) in [6.45, 7) is 4.77. The summed E-state index contributed by atoms with van der Waals surface area (Å²) in [5.41, 5.74) is 1.46. The Morgan fingerprint density at radius 2 is 1.96 bits per heavy atom. The Balaban J connectivity index is 1.40. The molecule has 0 amide bonds. The van der Waals surface area contributed by atoms with Gasteiger partial charge in [-0.1, -0.05) is 0 Å². The van der Waals surface area contributed by atoms with Gasteiger partial charge in [0.25, 0.3) is 0 Å². The second-order valence-electron chi connectivity index (χ2n) is 6.56. The highest BCUT2D eigenvalue weighted by Gasteiger charge is 2.22. The molecule has 0 aromatic carbocycles. The van der Waals surface area contributed by atoms with E-state index in [-0.39, 0.29) is 0 Å². The van der Waals surface area contributed by atoms with Crippen molar-refractivity contribution in [1.29, 1.82) is 0 Å². The van der Waals surface area contributed by atoms with Gasteiger partial charge >= 0.3 is 0 Å². The summed E-state index contributed by atoms with van der Waals surface area (Å²) >= 11 is 7.90. The first kappa shape index (κ1) is 15.6. The van der Waals surface area contributed by atoms with E-state index in [0.29, 0.717) is 5.28 Å². The van der Waals surface area contributed by atoms with Crippen LogP contribution in [0, 0.1) is 0 Å². The normalized spacial score (nSPS) is 18.0. The zero-order chi connectivity index (χ0) is 15.6. The molecule has 1 fully saturated rings. The van der Waals surface area contributed by atoms with E-state index in [2.05, 4.69) is 20.2 Å². The van der Waals surface area contributed by atoms with Crippen molar-refractivity contribution in [2.75, 3.05) is 31.5 Å². The molecule has 0 saturated carbocycles. The van der Waals surface area contributed by atoms with Gasteiger partial charge in [0.05, 0.1) is 5.39 Å². The second-order valence-corrected chi connectivity index (χ2v) is 7.98. The minimum Gasteiger partial charge on any atom is -0.369 e. The van der Waals surface area contributed by atoms with E-state index in [1.54, 1.807) is 11.3 Å². The van der Waals surface area contributed by atoms with E-state index in [0.717, 1.165) is 23.6 Å². The number of thiophene rings is 1. The number of unbranched alkanes of at least 4 members (excludes halogenated alkanes) is 1. The van der Waals surface area contributed by atoms with Crippen LogP contribution in [0.15, 0.2) is 0 Å². The maximum atomic E-state index is 6.11. The van der Waals surface area contributed by atoms with E-state index in [1.165, 1.54) is 74.0 Å². The number of aromatic nitrogens is 2. The van der Waals surface area contributed by atoms with Crippen LogP contribution in [0.2, 0.25) is 5.28 Å². The number of fused-ring (bicyclic) bond motifs is 3. The van der Waals surface area contributed by atoms with Gasteiger partial charge in [-0.05, 0) is 81.7 Å². The van der Waals surface area contributed by atoms with Crippen molar-refractivity contribution in [2.24, 2.45) is 0 Å². The summed E-state index contributed by atoms with van der Waals surface area (Å²) in [5.74, 6) is 0.945. The molecule has 0 spiro atoms. The fraction of sp³-hybridized carbons (Fsp3) is 0.647. The highest BCUT2D eigenvalue weighted by Crippen LogP contribution is 2.39. The highest BCUT2D eigenvalue weighted by atomic mass is 35.5. The van der Waals surface area contributed by atoms with Gasteiger partial charge in [0.15, 0.2) is 0 Å². The zero-order valence-electron chi connectivity index (χ0n) is 13.4. The Labute approximate surface area is 146 Å². The van der Waals surface area contributed by atoms with Crippen molar-refractivity contribution in [3.05, 3.63) is 15.7 Å². The van der Waals surface area contributed by atoms with Gasteiger partial charge in [0.2, 0.25) is 5.28 Å². The predicted octanol–water partition coefficient (Wildman–Crippen LogP) is 4.12. The molecule has 4 rings (SSSR count). The van der Waals surface area contributed by atoms with Crippen LogP contribution >= 0.6 is 22.9 Å². The average molecular weight is 351 g/mol. The first-order valence-electron chi connectivity index (χ1n) is 8.75. The molecule has 23 heavy (non-hydrogen) atoms. The molecule has 1 N–H and O–H groups in total. The van der Waals surface area contributed by atoms with Crippen LogP contribution in [-0.2, 0) is 12.8 Å². The van der Waals surface area contributed by atoms with E-state index >= 15 is 0 Å². The number of hydrogen-bond acceptors (Lipinski definition) is 5. The van der Waals surface area contributed by atoms with E-state index in [4.69, 9.17) is 11.6 Å². The monoisotopic (exact) mass is 350 g/mol. The number of rotatable bonds is 6. The topological polar surface area (TPSA) is 41.1 Å². The molecule has 4 nitrogen and oxygen atoms in total. The minimum absolute atomic E-state index is 0.358. The third-order valence-corrected chi connectivity index (χ3v) is 6.28. The van der Waals surface area contributed by atoms with Crippen LogP contribution in [-0.4, -0.2) is 41.0 Å². The summed E-state index contributed by atoms with van der Waals surface area (Å²) in [6, 6.07) is 0. The van der Waals surface area contributed by atoms with Gasteiger partial charge in [0, 0.05) is 11.4 Å². The average Bonchev–Trinajstić information content (AvgIpc) is 3.22. The van der Waals surface area contributed by atoms with Crippen molar-refractivity contribution in [1.82, 2.24) is 14.9 Å². The molecule has 0 bridgehead atoms. The summed E-state index contributed by atoms with van der Waals surface area (Å²) in [7, 11) is 0. The summed E-state index contributed by atoms with van der Waals surface area (Å²) < 4.78 is 0. The van der Waals surface area contributed by atoms with Crippen LogP contribution in [0.1, 0.15) is 42.5 Å². The van der Waals surface area contributed by atoms with E-state index < -0.39 is 0 Å². The van der Waals surface area contributed by atoms with Crippen molar-refractivity contribution in [3.63, 3.8) is 0 Å². The first-order valence-corrected chi connectivity index (χ1v) is 9.95. The number of halogens is 1. The van der Waals surface area contributed by atoms with Crippen LogP contribution < -0.4 is 5.32 Å². The molecule has 0 atom stereocenters. The smallest absolute Gasteiger partial charge is 0.225 e. The SMILES string of the molecule is Clc1nc(NCCCCN2CCCC2)c2c3c(sc2n1)CCC3. The standard InChI is InChI=1S/C17H23ClN4S/c18-17-20-15(19-8-1-2-9-22-10-3-4-11-22)14-12-6-5-7-13(12)23-16(14)21-17/h1-11H2,(H,19,20,21). The summed E-state index contributed by atoms with van der Waals surface area (Å²) in [4.78, 5) is 14.0. The molecule has 0 unspecified atom stereocenters. The fourth-order valence-electron chi connectivity index (χ4n) is 3.77. The lowest BCUT2D eigenvalue weighted by Crippen LogP contribution is -2.20. The van der Waals surface area contributed by atoms with Crippen LogP contribution in [0.5, 0.6) is 0 Å². The molecule has 1 aliphatic heterocycles. The molecule has 124 valence electrons. The molecule has 2 aliphatic rings. The molecule has 3 heterocycles. The molecule has 0 radical (unpaired) electrons. The van der Waals surface area contributed by atoms with Crippen molar-refractivity contribution < 1.29 is 0 Å². The third kappa shape index (κ3) is 3.32. The number of nitrogens with zero attached hydrogens (tertiary/aromatic N) is 3. The summed E-state index contributed by atoms with van der Waals surface area (Å²) in [6.07, 6.45) is 8.77. The highest BCUT2D eigenvalue weighted by molar-refractivity contribution is 7.19. The molecule has 1 saturated heterocycles. The maximum Gasteiger partial charge on any atom is 0.225 e. The van der Waals surface area contributed by atoms with Gasteiger partial charge in [-0.3, -0.25) is 0 Å². The Hall–Kier alpha value is -0.910. The van der Waals surface area contributed by atoms with Gasteiger partial charge < -0.3 is 10.2 Å². The van der Waals surface area contributed by atoms with Crippen LogP contribution in [0.3, 0.4) is 0 Å². The lowest BCUT2D eigenvalue weighted by molar-refractivity contribution is 0.331. The molecular formula is C17H23ClN4S. The minimum atomic E-state index is 0.358. The lowest BCUT2D eigenvalue weighted by atomic mass is 10.2. The second kappa shape index (κ2) is 6.91. The van der Waals surface area contributed by atoms with Gasteiger partial charge in [-0.2, -0.15) is 0 Å². The predicted molar refractivity (Wildman–Crippen MR) is 97.8 cm³/mol. The maximum absolute atomic E-state index is 6.11. The Bertz CT molecular complexity index is 693. The molecule has 1 aliphatic carbocycles. The number of anilines is 1. The van der Waals surface area contributed by atoms with Gasteiger partial charge in [0.1, 0.15) is 10.6 Å². The third-order valence-electron chi connectivity index (χ3n) is 4.93. The molecule has 2 aromatic heterocycles. The molecule has 6 heteroatoms. The Kier molecular flexibility index (Phi) is 4.69. The van der Waals surface area contributed by atoms with E-state index in [1.807, 2.05) is 0 Å². The van der Waals surface area contributed by atoms with Crippen molar-refractivity contribution in [3.8, 4) is 0 Å². The largest absolute Gasteiger partial charge is 0.369 e. The van der Waals surface area contributed by atoms with E-state index in [9.17, 15) is 0 Å². The first-order chi connectivity index (χ1) is 11.3. The Morgan fingerprint density at radius 3 is 2.83 bits per heavy atom. The molecular weight excluding hydrogens is 328 g/mol. The van der Waals surface area contributed by atoms with Crippen molar-refractivity contribution in [2.45, 2.75) is 44.9 Å². The number of hydrogen-bond donors (Lipinski definition) is 1. The summed E-state index contributed by atoms with van der Waals surface area (Å²) in [5, 5.41) is 5.11. The van der Waals surface area contributed by atoms with Crippen LogP contribution in [0.4, 0.5) is 5.82 Å². The number of nitrogens with one attached hydrogen (secondary N) is 1. The van der Waals surface area contributed by atoms with Gasteiger partial charge in [-0.15, -0.1) is 11.3 Å².